The number of rotatable bonds is 4. The fraction of sp³-hybridized carbons (Fsp3) is 0.500. The van der Waals surface area contributed by atoms with E-state index in [1.807, 2.05) is 13.8 Å². The Balaban J connectivity index is 2.40. The molecule has 0 bridgehead atoms. The second kappa shape index (κ2) is 5.44. The lowest BCUT2D eigenvalue weighted by molar-refractivity contribution is 0.0955. The third-order valence-electron chi connectivity index (χ3n) is 3.50. The molecule has 110 valence electrons. The minimum Gasteiger partial charge on any atom is -0.352 e. The Labute approximate surface area is 120 Å². The number of sulfonamides is 1. The molecule has 1 atom stereocenters. The van der Waals surface area contributed by atoms with Crippen LogP contribution >= 0.6 is 0 Å². The second-order valence-electron chi connectivity index (χ2n) is 4.95. The molecule has 0 saturated heterocycles. The summed E-state index contributed by atoms with van der Waals surface area (Å²) in [6, 6.07) is 5.11. The summed E-state index contributed by atoms with van der Waals surface area (Å²) in [4.78, 5) is 11.8. The van der Waals surface area contributed by atoms with Gasteiger partial charge in [0.15, 0.2) is 0 Å². The molecular formula is C14H20N2O3S. The number of nitrogens with zero attached hydrogens (tertiary/aromatic N) is 1. The molecule has 0 unspecified atom stereocenters. The Morgan fingerprint density at radius 1 is 1.40 bits per heavy atom. The second-order valence-corrected chi connectivity index (χ2v) is 7.09. The van der Waals surface area contributed by atoms with Crippen molar-refractivity contribution in [2.24, 2.45) is 0 Å². The summed E-state index contributed by atoms with van der Waals surface area (Å²) in [6.45, 7) is 5.97. The molecule has 20 heavy (non-hydrogen) atoms. The van der Waals surface area contributed by atoms with Gasteiger partial charge < -0.3 is 5.32 Å². The lowest BCUT2D eigenvalue weighted by atomic mass is 10.1. The standard InChI is InChI=1S/C14H20N2O3S/c1-4-15-14(17)11-6-7-13-12(9-11)8-10(3)16(13)20(18,19)5-2/h6-7,9-10H,4-5,8H2,1-3H3,(H,15,17)/t10-/m1/s1. The van der Waals surface area contributed by atoms with Crippen molar-refractivity contribution in [3.05, 3.63) is 29.3 Å². The fourth-order valence-corrected chi connectivity index (χ4v) is 3.95. The van der Waals surface area contributed by atoms with Crippen LogP contribution in [0.3, 0.4) is 0 Å². The number of nitrogens with one attached hydrogen (secondary N) is 1. The van der Waals surface area contributed by atoms with E-state index in [0.29, 0.717) is 24.2 Å². The molecule has 0 aromatic heterocycles. The van der Waals surface area contributed by atoms with Gasteiger partial charge in [-0.2, -0.15) is 0 Å². The third-order valence-corrected chi connectivity index (χ3v) is 5.38. The van der Waals surface area contributed by atoms with Crippen LogP contribution in [0.4, 0.5) is 5.69 Å². The van der Waals surface area contributed by atoms with E-state index >= 15 is 0 Å². The van der Waals surface area contributed by atoms with E-state index < -0.39 is 10.0 Å². The number of amides is 1. The van der Waals surface area contributed by atoms with Crippen LogP contribution in [0.15, 0.2) is 18.2 Å². The van der Waals surface area contributed by atoms with Gasteiger partial charge in [-0.1, -0.05) is 0 Å². The summed E-state index contributed by atoms with van der Waals surface area (Å²) in [7, 11) is -3.27. The topological polar surface area (TPSA) is 66.5 Å². The molecule has 1 amide bonds. The van der Waals surface area contributed by atoms with Gasteiger partial charge in [0, 0.05) is 18.2 Å². The van der Waals surface area contributed by atoms with Gasteiger partial charge in [0.05, 0.1) is 11.4 Å². The highest BCUT2D eigenvalue weighted by molar-refractivity contribution is 7.92. The largest absolute Gasteiger partial charge is 0.352 e. The maximum atomic E-state index is 12.1. The predicted octanol–water partition coefficient (Wildman–Crippen LogP) is 1.54. The van der Waals surface area contributed by atoms with E-state index in [2.05, 4.69) is 5.32 Å². The molecular weight excluding hydrogens is 276 g/mol. The van der Waals surface area contributed by atoms with Gasteiger partial charge in [-0.15, -0.1) is 0 Å². The molecule has 2 rings (SSSR count). The van der Waals surface area contributed by atoms with Crippen LogP contribution in [-0.2, 0) is 16.4 Å². The first-order valence-electron chi connectivity index (χ1n) is 6.84. The van der Waals surface area contributed by atoms with E-state index in [4.69, 9.17) is 0 Å². The van der Waals surface area contributed by atoms with Gasteiger partial charge in [0.1, 0.15) is 0 Å². The quantitative estimate of drug-likeness (QED) is 0.916. The summed E-state index contributed by atoms with van der Waals surface area (Å²) in [6.07, 6.45) is 0.641. The lowest BCUT2D eigenvalue weighted by Crippen LogP contribution is -2.36. The smallest absolute Gasteiger partial charge is 0.251 e. The number of anilines is 1. The van der Waals surface area contributed by atoms with Crippen LogP contribution in [0.2, 0.25) is 0 Å². The highest BCUT2D eigenvalue weighted by Crippen LogP contribution is 2.35. The zero-order valence-corrected chi connectivity index (χ0v) is 12.8. The minimum atomic E-state index is -3.27. The third kappa shape index (κ3) is 2.52. The summed E-state index contributed by atoms with van der Waals surface area (Å²) in [5, 5.41) is 2.75. The van der Waals surface area contributed by atoms with Crippen molar-refractivity contribution in [1.29, 1.82) is 0 Å². The zero-order chi connectivity index (χ0) is 14.9. The Kier molecular flexibility index (Phi) is 4.04. The molecule has 1 aliphatic heterocycles. The van der Waals surface area contributed by atoms with E-state index in [-0.39, 0.29) is 17.7 Å². The SMILES string of the molecule is CCNC(=O)c1ccc2c(c1)C[C@@H](C)N2S(=O)(=O)CC. The van der Waals surface area contributed by atoms with Gasteiger partial charge in [-0.05, 0) is 51.0 Å². The first kappa shape index (κ1) is 14.8. The molecule has 0 fully saturated rings. The van der Waals surface area contributed by atoms with Gasteiger partial charge in [-0.3, -0.25) is 9.10 Å². The number of carbonyl (C=O) groups excluding carboxylic acids is 1. The lowest BCUT2D eigenvalue weighted by Gasteiger charge is -2.23. The summed E-state index contributed by atoms with van der Waals surface area (Å²) in [5.74, 6) is -0.0470. The fourth-order valence-electron chi connectivity index (χ4n) is 2.57. The molecule has 1 aliphatic rings. The van der Waals surface area contributed by atoms with Gasteiger partial charge in [0.2, 0.25) is 10.0 Å². The van der Waals surface area contributed by atoms with E-state index in [1.54, 1.807) is 25.1 Å². The molecule has 1 heterocycles. The maximum Gasteiger partial charge on any atom is 0.251 e. The summed E-state index contributed by atoms with van der Waals surface area (Å²) in [5.41, 5.74) is 2.19. The Morgan fingerprint density at radius 3 is 2.70 bits per heavy atom. The van der Waals surface area contributed by atoms with Crippen molar-refractivity contribution >= 4 is 21.6 Å². The van der Waals surface area contributed by atoms with Gasteiger partial charge in [-0.25, -0.2) is 8.42 Å². The molecule has 1 aromatic rings. The molecule has 0 spiro atoms. The van der Waals surface area contributed by atoms with E-state index in [9.17, 15) is 13.2 Å². The van der Waals surface area contributed by atoms with Crippen LogP contribution in [0.5, 0.6) is 0 Å². The number of carbonyl (C=O) groups is 1. The number of benzene rings is 1. The Bertz CT molecular complexity index is 625. The first-order chi connectivity index (χ1) is 9.40. The van der Waals surface area contributed by atoms with Crippen molar-refractivity contribution in [2.45, 2.75) is 33.2 Å². The van der Waals surface area contributed by atoms with Crippen LogP contribution in [0.25, 0.3) is 0 Å². The highest BCUT2D eigenvalue weighted by atomic mass is 32.2. The monoisotopic (exact) mass is 296 g/mol. The maximum absolute atomic E-state index is 12.1. The normalized spacial score (nSPS) is 17.9. The minimum absolute atomic E-state index is 0.0782. The van der Waals surface area contributed by atoms with Gasteiger partial charge >= 0.3 is 0 Å². The van der Waals surface area contributed by atoms with Crippen molar-refractivity contribution in [3.8, 4) is 0 Å². The number of hydrogen-bond donors (Lipinski definition) is 1. The van der Waals surface area contributed by atoms with Crippen LogP contribution in [0, 0.1) is 0 Å². The summed E-state index contributed by atoms with van der Waals surface area (Å²) < 4.78 is 25.8. The molecule has 0 radical (unpaired) electrons. The van der Waals surface area contributed by atoms with Crippen LogP contribution in [0.1, 0.15) is 36.7 Å². The number of hydrogen-bond acceptors (Lipinski definition) is 3. The average molecular weight is 296 g/mol. The average Bonchev–Trinajstić information content (AvgIpc) is 2.74. The first-order valence-corrected chi connectivity index (χ1v) is 8.44. The molecule has 5 nitrogen and oxygen atoms in total. The Morgan fingerprint density at radius 2 is 2.10 bits per heavy atom. The molecule has 1 N–H and O–H groups in total. The predicted molar refractivity (Wildman–Crippen MR) is 79.6 cm³/mol. The molecule has 1 aromatic carbocycles. The molecule has 0 saturated carbocycles. The zero-order valence-electron chi connectivity index (χ0n) is 12.0. The Hall–Kier alpha value is -1.56. The van der Waals surface area contributed by atoms with E-state index in [1.165, 1.54) is 4.31 Å². The summed E-state index contributed by atoms with van der Waals surface area (Å²) >= 11 is 0. The molecule has 6 heteroatoms. The van der Waals surface area contributed by atoms with Crippen LogP contribution in [-0.4, -0.2) is 32.7 Å². The highest BCUT2D eigenvalue weighted by Gasteiger charge is 2.34. The van der Waals surface area contributed by atoms with E-state index in [0.717, 1.165) is 5.56 Å². The molecule has 0 aliphatic carbocycles. The number of fused-ring (bicyclic) bond motifs is 1. The van der Waals surface area contributed by atoms with Crippen molar-refractivity contribution in [1.82, 2.24) is 5.32 Å². The van der Waals surface area contributed by atoms with Crippen molar-refractivity contribution in [3.63, 3.8) is 0 Å². The van der Waals surface area contributed by atoms with Crippen molar-refractivity contribution in [2.75, 3.05) is 16.6 Å². The van der Waals surface area contributed by atoms with Crippen LogP contribution < -0.4 is 9.62 Å². The van der Waals surface area contributed by atoms with Gasteiger partial charge in [0.25, 0.3) is 5.91 Å². The van der Waals surface area contributed by atoms with Crippen molar-refractivity contribution < 1.29 is 13.2 Å².